The third-order valence-electron chi connectivity index (χ3n) is 4.63. The van der Waals surface area contributed by atoms with Crippen LogP contribution in [0.25, 0.3) is 22.8 Å². The SMILES string of the molecule is O=C(COc1ccc(-c2nc(-c3ccccc3)no2)cc1)N1CCCCC1. The van der Waals surface area contributed by atoms with Crippen LogP contribution in [0, 0.1) is 0 Å². The molecule has 2 heterocycles. The lowest BCUT2D eigenvalue weighted by Crippen LogP contribution is -2.38. The number of piperidine rings is 1. The van der Waals surface area contributed by atoms with Gasteiger partial charge in [0.1, 0.15) is 5.75 Å². The Hall–Kier alpha value is -3.15. The largest absolute Gasteiger partial charge is 0.484 e. The van der Waals surface area contributed by atoms with Crippen LogP contribution in [0.3, 0.4) is 0 Å². The summed E-state index contributed by atoms with van der Waals surface area (Å²) in [6.07, 6.45) is 3.36. The zero-order valence-corrected chi connectivity index (χ0v) is 15.0. The lowest BCUT2D eigenvalue weighted by molar-refractivity contribution is -0.134. The number of rotatable bonds is 5. The Labute approximate surface area is 157 Å². The first-order chi connectivity index (χ1) is 13.3. The maximum absolute atomic E-state index is 12.2. The quantitative estimate of drug-likeness (QED) is 0.690. The molecule has 0 bridgehead atoms. The van der Waals surface area contributed by atoms with E-state index in [1.807, 2.05) is 59.5 Å². The van der Waals surface area contributed by atoms with Gasteiger partial charge in [-0.15, -0.1) is 0 Å². The van der Waals surface area contributed by atoms with Crippen LogP contribution in [-0.4, -0.2) is 40.6 Å². The number of ether oxygens (including phenoxy) is 1. The van der Waals surface area contributed by atoms with Gasteiger partial charge in [0.05, 0.1) is 0 Å². The maximum atomic E-state index is 12.2. The molecule has 6 nitrogen and oxygen atoms in total. The van der Waals surface area contributed by atoms with Gasteiger partial charge in [-0.25, -0.2) is 0 Å². The van der Waals surface area contributed by atoms with Crippen LogP contribution in [0.15, 0.2) is 59.1 Å². The van der Waals surface area contributed by atoms with Crippen LogP contribution in [0.4, 0.5) is 0 Å². The first-order valence-electron chi connectivity index (χ1n) is 9.20. The fraction of sp³-hybridized carbons (Fsp3) is 0.286. The van der Waals surface area contributed by atoms with Gasteiger partial charge in [-0.05, 0) is 43.5 Å². The molecule has 1 aromatic heterocycles. The Bertz CT molecular complexity index is 885. The molecule has 6 heteroatoms. The number of carbonyl (C=O) groups excluding carboxylic acids is 1. The summed E-state index contributed by atoms with van der Waals surface area (Å²) < 4.78 is 11.0. The summed E-state index contributed by atoms with van der Waals surface area (Å²) in [6.45, 7) is 1.74. The highest BCUT2D eigenvalue weighted by molar-refractivity contribution is 5.77. The Morgan fingerprint density at radius 1 is 0.963 bits per heavy atom. The average Bonchev–Trinajstić information content (AvgIpc) is 3.24. The summed E-state index contributed by atoms with van der Waals surface area (Å²) in [4.78, 5) is 18.5. The van der Waals surface area contributed by atoms with Gasteiger partial charge in [-0.3, -0.25) is 4.79 Å². The molecule has 4 rings (SSSR count). The molecule has 1 saturated heterocycles. The summed E-state index contributed by atoms with van der Waals surface area (Å²) in [5, 5.41) is 4.03. The van der Waals surface area contributed by atoms with E-state index >= 15 is 0 Å². The molecule has 1 amide bonds. The summed E-state index contributed by atoms with van der Waals surface area (Å²) in [6, 6.07) is 17.0. The van der Waals surface area contributed by atoms with Crippen LogP contribution < -0.4 is 4.74 Å². The second-order valence-corrected chi connectivity index (χ2v) is 6.54. The normalized spacial score (nSPS) is 14.1. The molecule has 1 fully saturated rings. The number of benzene rings is 2. The van der Waals surface area contributed by atoms with Gasteiger partial charge in [0.25, 0.3) is 11.8 Å². The Morgan fingerprint density at radius 3 is 2.44 bits per heavy atom. The number of amides is 1. The Balaban J connectivity index is 1.37. The van der Waals surface area contributed by atoms with E-state index in [-0.39, 0.29) is 12.5 Å². The second kappa shape index (κ2) is 8.03. The van der Waals surface area contributed by atoms with Crippen molar-refractivity contribution in [3.63, 3.8) is 0 Å². The highest BCUT2D eigenvalue weighted by Crippen LogP contribution is 2.24. The number of likely N-dealkylation sites (tertiary alicyclic amines) is 1. The molecule has 0 radical (unpaired) electrons. The van der Waals surface area contributed by atoms with Crippen molar-refractivity contribution in [2.45, 2.75) is 19.3 Å². The first kappa shape index (κ1) is 17.3. The fourth-order valence-electron chi connectivity index (χ4n) is 3.12. The number of aromatic nitrogens is 2. The molecule has 1 aliphatic rings. The number of hydrogen-bond donors (Lipinski definition) is 0. The van der Waals surface area contributed by atoms with Crippen molar-refractivity contribution < 1.29 is 14.1 Å². The van der Waals surface area contributed by atoms with Gasteiger partial charge in [-0.2, -0.15) is 4.98 Å². The van der Waals surface area contributed by atoms with E-state index in [1.165, 1.54) is 6.42 Å². The first-order valence-corrected chi connectivity index (χ1v) is 9.20. The molecule has 0 unspecified atom stereocenters. The minimum Gasteiger partial charge on any atom is -0.484 e. The van der Waals surface area contributed by atoms with Crippen molar-refractivity contribution in [3.8, 4) is 28.6 Å². The van der Waals surface area contributed by atoms with E-state index < -0.39 is 0 Å². The van der Waals surface area contributed by atoms with Crippen molar-refractivity contribution in [3.05, 3.63) is 54.6 Å². The third-order valence-corrected chi connectivity index (χ3v) is 4.63. The van der Waals surface area contributed by atoms with Crippen LogP contribution in [-0.2, 0) is 4.79 Å². The average molecular weight is 363 g/mol. The van der Waals surface area contributed by atoms with Gasteiger partial charge in [0.2, 0.25) is 5.82 Å². The van der Waals surface area contributed by atoms with Crippen LogP contribution >= 0.6 is 0 Å². The molecule has 0 atom stereocenters. The zero-order valence-electron chi connectivity index (χ0n) is 15.0. The molecular formula is C21H21N3O3. The van der Waals surface area contributed by atoms with Crippen molar-refractivity contribution in [1.82, 2.24) is 15.0 Å². The van der Waals surface area contributed by atoms with Crippen molar-refractivity contribution in [2.75, 3.05) is 19.7 Å². The highest BCUT2D eigenvalue weighted by atomic mass is 16.5. The van der Waals surface area contributed by atoms with Crippen LogP contribution in [0.5, 0.6) is 5.75 Å². The predicted octanol–water partition coefficient (Wildman–Crippen LogP) is 3.79. The van der Waals surface area contributed by atoms with Crippen molar-refractivity contribution >= 4 is 5.91 Å². The van der Waals surface area contributed by atoms with E-state index in [4.69, 9.17) is 9.26 Å². The number of carbonyl (C=O) groups is 1. The van der Waals surface area contributed by atoms with Crippen molar-refractivity contribution in [1.29, 1.82) is 0 Å². The van der Waals surface area contributed by atoms with Gasteiger partial charge in [0.15, 0.2) is 6.61 Å². The smallest absolute Gasteiger partial charge is 0.260 e. The molecule has 138 valence electrons. The van der Waals surface area contributed by atoms with E-state index in [0.29, 0.717) is 17.5 Å². The number of nitrogens with zero attached hydrogens (tertiary/aromatic N) is 3. The zero-order chi connectivity index (χ0) is 18.5. The monoisotopic (exact) mass is 363 g/mol. The van der Waals surface area contributed by atoms with Gasteiger partial charge >= 0.3 is 0 Å². The molecule has 0 spiro atoms. The summed E-state index contributed by atoms with van der Waals surface area (Å²) in [7, 11) is 0. The van der Waals surface area contributed by atoms with Gasteiger partial charge in [-0.1, -0.05) is 35.5 Å². The molecule has 2 aromatic carbocycles. The Morgan fingerprint density at radius 2 is 1.70 bits per heavy atom. The molecule has 0 aliphatic carbocycles. The summed E-state index contributed by atoms with van der Waals surface area (Å²) in [5.74, 6) is 1.69. The molecule has 1 aliphatic heterocycles. The molecular weight excluding hydrogens is 342 g/mol. The Kier molecular flexibility index (Phi) is 5.14. The maximum Gasteiger partial charge on any atom is 0.260 e. The van der Waals surface area contributed by atoms with E-state index in [9.17, 15) is 4.79 Å². The lowest BCUT2D eigenvalue weighted by Gasteiger charge is -2.26. The molecule has 0 N–H and O–H groups in total. The number of hydrogen-bond acceptors (Lipinski definition) is 5. The van der Waals surface area contributed by atoms with E-state index in [1.54, 1.807) is 0 Å². The topological polar surface area (TPSA) is 68.5 Å². The minimum absolute atomic E-state index is 0.0446. The van der Waals surface area contributed by atoms with Gasteiger partial charge < -0.3 is 14.2 Å². The summed E-state index contributed by atoms with van der Waals surface area (Å²) >= 11 is 0. The predicted molar refractivity (Wildman–Crippen MR) is 101 cm³/mol. The standard InChI is InChI=1S/C21H21N3O3/c25-19(24-13-5-2-6-14-24)15-26-18-11-9-17(10-12-18)21-22-20(23-27-21)16-7-3-1-4-8-16/h1,3-4,7-12H,2,5-6,13-15H2. The molecule has 3 aromatic rings. The molecule has 0 saturated carbocycles. The lowest BCUT2D eigenvalue weighted by atomic mass is 10.1. The summed E-state index contributed by atoms with van der Waals surface area (Å²) in [5.41, 5.74) is 1.71. The highest BCUT2D eigenvalue weighted by Gasteiger charge is 2.17. The van der Waals surface area contributed by atoms with E-state index in [2.05, 4.69) is 10.1 Å². The fourth-order valence-corrected chi connectivity index (χ4v) is 3.12. The van der Waals surface area contributed by atoms with Crippen LogP contribution in [0.2, 0.25) is 0 Å². The van der Waals surface area contributed by atoms with Crippen molar-refractivity contribution in [2.24, 2.45) is 0 Å². The van der Waals surface area contributed by atoms with Gasteiger partial charge in [0, 0.05) is 24.2 Å². The molecule has 27 heavy (non-hydrogen) atoms. The third kappa shape index (κ3) is 4.16. The van der Waals surface area contributed by atoms with Crippen LogP contribution in [0.1, 0.15) is 19.3 Å². The van der Waals surface area contributed by atoms with E-state index in [0.717, 1.165) is 37.1 Å². The minimum atomic E-state index is 0.0446. The second-order valence-electron chi connectivity index (χ2n) is 6.54.